The molecule has 0 aromatic heterocycles. The highest BCUT2D eigenvalue weighted by Gasteiger charge is 2.19. The van der Waals surface area contributed by atoms with Crippen LogP contribution in [0.2, 0.25) is 5.02 Å². The molecule has 0 bridgehead atoms. The van der Waals surface area contributed by atoms with Gasteiger partial charge in [0.15, 0.2) is 0 Å². The first kappa shape index (κ1) is 14.9. The number of carbonyl (C=O) groups excluding carboxylic acids is 1. The van der Waals surface area contributed by atoms with Crippen LogP contribution in [0.25, 0.3) is 0 Å². The lowest BCUT2D eigenvalue weighted by Gasteiger charge is -2.20. The summed E-state index contributed by atoms with van der Waals surface area (Å²) in [5, 5.41) is 2.20. The lowest BCUT2D eigenvalue weighted by Crippen LogP contribution is -2.43. The first-order valence-corrected chi connectivity index (χ1v) is 5.90. The minimum absolute atomic E-state index is 0.0964. The number of amides is 1. The maximum atomic E-state index is 13.5. The molecule has 0 aliphatic rings. The van der Waals surface area contributed by atoms with Gasteiger partial charge in [-0.3, -0.25) is 4.79 Å². The Hall–Kier alpha value is -1.20. The van der Waals surface area contributed by atoms with Gasteiger partial charge in [0.2, 0.25) is 0 Å². The van der Waals surface area contributed by atoms with Crippen LogP contribution in [0.4, 0.5) is 8.78 Å². The summed E-state index contributed by atoms with van der Waals surface area (Å²) in [5.41, 5.74) is 5.11. The van der Waals surface area contributed by atoms with Crippen molar-refractivity contribution in [2.45, 2.75) is 19.9 Å². The van der Waals surface area contributed by atoms with Crippen molar-refractivity contribution in [3.63, 3.8) is 0 Å². The Kier molecular flexibility index (Phi) is 5.04. The zero-order valence-electron chi connectivity index (χ0n) is 10.1. The second-order valence-electron chi connectivity index (χ2n) is 4.31. The molecule has 1 rings (SSSR count). The molecular weight excluding hydrogens is 262 g/mol. The molecule has 0 heterocycles. The zero-order valence-corrected chi connectivity index (χ0v) is 10.9. The summed E-state index contributed by atoms with van der Waals surface area (Å²) in [7, 11) is 0. The van der Waals surface area contributed by atoms with E-state index in [0.29, 0.717) is 0 Å². The summed E-state index contributed by atoms with van der Waals surface area (Å²) >= 11 is 5.41. The maximum absolute atomic E-state index is 13.5. The molecule has 0 aliphatic heterocycles. The number of hydrogen-bond acceptors (Lipinski definition) is 2. The maximum Gasteiger partial charge on any atom is 0.254 e. The number of halogens is 3. The smallest absolute Gasteiger partial charge is 0.254 e. The largest absolute Gasteiger partial charge is 0.348 e. The minimum atomic E-state index is -0.863. The molecule has 1 unspecified atom stereocenters. The molecule has 1 aromatic carbocycles. The lowest BCUT2D eigenvalue weighted by molar-refractivity contribution is 0.0923. The molecule has 3 N–H and O–H groups in total. The fourth-order valence-electron chi connectivity index (χ4n) is 1.44. The molecule has 0 fully saturated rings. The molecule has 1 amide bonds. The third kappa shape index (κ3) is 3.40. The highest BCUT2D eigenvalue weighted by molar-refractivity contribution is 6.30. The second kappa shape index (κ2) is 6.11. The SMILES string of the molecule is CC(C)C(CN)NC(=O)c1cc(F)c(Cl)cc1F. The molecule has 100 valence electrons. The Morgan fingerprint density at radius 2 is 2.00 bits per heavy atom. The summed E-state index contributed by atoms with van der Waals surface area (Å²) in [6.07, 6.45) is 0. The average Bonchev–Trinajstić information content (AvgIpc) is 2.29. The van der Waals surface area contributed by atoms with Gasteiger partial charge in [-0.2, -0.15) is 0 Å². The third-order valence-electron chi connectivity index (χ3n) is 2.63. The van der Waals surface area contributed by atoms with Crippen molar-refractivity contribution in [1.82, 2.24) is 5.32 Å². The molecule has 0 saturated carbocycles. The van der Waals surface area contributed by atoms with E-state index in [-0.39, 0.29) is 29.1 Å². The highest BCUT2D eigenvalue weighted by Crippen LogP contribution is 2.19. The first-order chi connectivity index (χ1) is 8.36. The number of rotatable bonds is 4. The van der Waals surface area contributed by atoms with Gasteiger partial charge in [-0.25, -0.2) is 8.78 Å². The highest BCUT2D eigenvalue weighted by atomic mass is 35.5. The predicted octanol–water partition coefficient (Wildman–Crippen LogP) is 2.33. The molecule has 3 nitrogen and oxygen atoms in total. The van der Waals surface area contributed by atoms with Crippen molar-refractivity contribution in [2.75, 3.05) is 6.54 Å². The monoisotopic (exact) mass is 276 g/mol. The predicted molar refractivity (Wildman–Crippen MR) is 66.5 cm³/mol. The van der Waals surface area contributed by atoms with Crippen molar-refractivity contribution >= 4 is 17.5 Å². The molecule has 1 aromatic rings. The number of hydrogen-bond donors (Lipinski definition) is 2. The molecule has 6 heteroatoms. The van der Waals surface area contributed by atoms with E-state index in [4.69, 9.17) is 17.3 Å². The molecule has 0 aliphatic carbocycles. The molecular formula is C12H15ClF2N2O. The quantitative estimate of drug-likeness (QED) is 0.830. The van der Waals surface area contributed by atoms with Crippen LogP contribution in [0.15, 0.2) is 12.1 Å². The Morgan fingerprint density at radius 1 is 1.39 bits per heavy atom. The third-order valence-corrected chi connectivity index (χ3v) is 2.92. The van der Waals surface area contributed by atoms with Crippen LogP contribution in [0, 0.1) is 17.6 Å². The zero-order chi connectivity index (χ0) is 13.9. The summed E-state index contributed by atoms with van der Waals surface area (Å²) in [5.74, 6) is -2.30. The second-order valence-corrected chi connectivity index (χ2v) is 4.71. The lowest BCUT2D eigenvalue weighted by atomic mass is 10.0. The van der Waals surface area contributed by atoms with Gasteiger partial charge < -0.3 is 11.1 Å². The van der Waals surface area contributed by atoms with E-state index in [0.717, 1.165) is 12.1 Å². The normalized spacial score (nSPS) is 12.6. The Labute approximate surface area is 109 Å². The van der Waals surface area contributed by atoms with Crippen LogP contribution in [-0.4, -0.2) is 18.5 Å². The number of benzene rings is 1. The van der Waals surface area contributed by atoms with Crippen LogP contribution in [0.1, 0.15) is 24.2 Å². The Balaban J connectivity index is 2.94. The van der Waals surface area contributed by atoms with Gasteiger partial charge >= 0.3 is 0 Å². The Morgan fingerprint density at radius 3 is 2.50 bits per heavy atom. The van der Waals surface area contributed by atoms with Gasteiger partial charge in [-0.15, -0.1) is 0 Å². The van der Waals surface area contributed by atoms with E-state index in [1.165, 1.54) is 0 Å². The molecule has 1 atom stereocenters. The van der Waals surface area contributed by atoms with Crippen LogP contribution in [0.5, 0.6) is 0 Å². The first-order valence-electron chi connectivity index (χ1n) is 5.52. The fraction of sp³-hybridized carbons (Fsp3) is 0.417. The van der Waals surface area contributed by atoms with Crippen molar-refractivity contribution < 1.29 is 13.6 Å². The van der Waals surface area contributed by atoms with E-state index in [9.17, 15) is 13.6 Å². The fourth-order valence-corrected chi connectivity index (χ4v) is 1.59. The van der Waals surface area contributed by atoms with Gasteiger partial charge in [-0.1, -0.05) is 25.4 Å². The molecule has 0 radical (unpaired) electrons. The van der Waals surface area contributed by atoms with Crippen molar-refractivity contribution in [3.8, 4) is 0 Å². The summed E-state index contributed by atoms with van der Waals surface area (Å²) in [6.45, 7) is 3.97. The van der Waals surface area contributed by atoms with Gasteiger partial charge in [0, 0.05) is 12.6 Å². The summed E-state index contributed by atoms with van der Waals surface area (Å²) < 4.78 is 26.7. The van der Waals surface area contributed by atoms with E-state index < -0.39 is 17.5 Å². The standard InChI is InChI=1S/C12H15ClF2N2O/c1-6(2)11(5-16)17-12(18)7-3-10(15)8(13)4-9(7)14/h3-4,6,11H,5,16H2,1-2H3,(H,17,18). The van der Waals surface area contributed by atoms with Gasteiger partial charge in [0.05, 0.1) is 10.6 Å². The van der Waals surface area contributed by atoms with Crippen molar-refractivity contribution in [3.05, 3.63) is 34.4 Å². The number of nitrogens with two attached hydrogens (primary N) is 1. The van der Waals surface area contributed by atoms with E-state index in [1.807, 2.05) is 13.8 Å². The number of carbonyl (C=O) groups is 1. The average molecular weight is 277 g/mol. The van der Waals surface area contributed by atoms with E-state index >= 15 is 0 Å². The van der Waals surface area contributed by atoms with Crippen LogP contribution in [-0.2, 0) is 0 Å². The van der Waals surface area contributed by atoms with Gasteiger partial charge in [-0.05, 0) is 18.1 Å². The summed E-state index contributed by atoms with van der Waals surface area (Å²) in [6, 6.07) is 1.26. The van der Waals surface area contributed by atoms with Crippen LogP contribution < -0.4 is 11.1 Å². The Bertz CT molecular complexity index is 452. The number of nitrogens with one attached hydrogen (secondary N) is 1. The van der Waals surface area contributed by atoms with Gasteiger partial charge in [0.25, 0.3) is 5.91 Å². The van der Waals surface area contributed by atoms with Gasteiger partial charge in [0.1, 0.15) is 11.6 Å². The summed E-state index contributed by atoms with van der Waals surface area (Å²) in [4.78, 5) is 11.8. The van der Waals surface area contributed by atoms with E-state index in [1.54, 1.807) is 0 Å². The molecule has 0 saturated heterocycles. The molecule has 0 spiro atoms. The van der Waals surface area contributed by atoms with E-state index in [2.05, 4.69) is 5.32 Å². The molecule has 18 heavy (non-hydrogen) atoms. The van der Waals surface area contributed by atoms with Crippen LogP contribution >= 0.6 is 11.6 Å². The topological polar surface area (TPSA) is 55.1 Å². The van der Waals surface area contributed by atoms with Crippen LogP contribution in [0.3, 0.4) is 0 Å². The minimum Gasteiger partial charge on any atom is -0.348 e. The van der Waals surface area contributed by atoms with Crippen molar-refractivity contribution in [2.24, 2.45) is 11.7 Å². The van der Waals surface area contributed by atoms with Crippen molar-refractivity contribution in [1.29, 1.82) is 0 Å².